The minimum atomic E-state index is -0.881. The third kappa shape index (κ3) is 4.13. The zero-order valence-corrected chi connectivity index (χ0v) is 13.1. The molecule has 0 saturated carbocycles. The molecule has 1 heterocycles. The lowest BCUT2D eigenvalue weighted by Gasteiger charge is -2.10. The molecule has 1 N–H and O–H groups in total. The van der Waals surface area contributed by atoms with Gasteiger partial charge in [-0.15, -0.1) is 0 Å². The van der Waals surface area contributed by atoms with Crippen molar-refractivity contribution in [2.75, 3.05) is 26.1 Å². The standard InChI is InChI=1S/C16H16N2O6/c1-22-13-7-6-11(9-14(13)23-2)17-15(19)10-24-16(20)12-5-3-4-8-18(12)21/h3-9H,10H2,1-2H3,(H,17,19). The molecule has 1 amide bonds. The summed E-state index contributed by atoms with van der Waals surface area (Å²) in [6, 6.07) is 9.12. The molecule has 8 nitrogen and oxygen atoms in total. The SMILES string of the molecule is COc1ccc(NC(=O)COC(=O)c2cccc[n+]2[O-])cc1OC. The number of carbonyl (C=O) groups excluding carboxylic acids is 2. The molecule has 0 radical (unpaired) electrons. The Bertz CT molecular complexity index is 747. The number of methoxy groups -OCH3 is 2. The quantitative estimate of drug-likeness (QED) is 0.483. The maximum absolute atomic E-state index is 11.8. The summed E-state index contributed by atoms with van der Waals surface area (Å²) in [4.78, 5) is 23.6. The third-order valence-corrected chi connectivity index (χ3v) is 3.03. The van der Waals surface area contributed by atoms with E-state index in [2.05, 4.69) is 5.32 Å². The molecular formula is C16H16N2O6. The third-order valence-electron chi connectivity index (χ3n) is 3.03. The van der Waals surface area contributed by atoms with Crippen LogP contribution in [0.3, 0.4) is 0 Å². The van der Waals surface area contributed by atoms with Crippen molar-refractivity contribution in [3.63, 3.8) is 0 Å². The first-order valence-electron chi connectivity index (χ1n) is 6.92. The molecule has 0 atom stereocenters. The number of pyridine rings is 1. The highest BCUT2D eigenvalue weighted by molar-refractivity contribution is 5.94. The fourth-order valence-electron chi connectivity index (χ4n) is 1.90. The number of carbonyl (C=O) groups is 2. The van der Waals surface area contributed by atoms with Crippen molar-refractivity contribution in [2.45, 2.75) is 0 Å². The van der Waals surface area contributed by atoms with Gasteiger partial charge < -0.3 is 24.7 Å². The van der Waals surface area contributed by atoms with Crippen LogP contribution in [0.25, 0.3) is 0 Å². The topological polar surface area (TPSA) is 101 Å². The van der Waals surface area contributed by atoms with Crippen molar-refractivity contribution < 1.29 is 28.5 Å². The van der Waals surface area contributed by atoms with E-state index in [0.717, 1.165) is 0 Å². The summed E-state index contributed by atoms with van der Waals surface area (Å²) in [5.41, 5.74) is 0.253. The Morgan fingerprint density at radius 1 is 1.12 bits per heavy atom. The molecule has 1 aromatic heterocycles. The molecule has 8 heteroatoms. The Balaban J connectivity index is 1.94. The minimum Gasteiger partial charge on any atom is -0.618 e. The molecule has 0 fully saturated rings. The number of nitrogens with one attached hydrogen (secondary N) is 1. The number of ether oxygens (including phenoxy) is 3. The molecule has 0 aliphatic heterocycles. The monoisotopic (exact) mass is 332 g/mol. The fraction of sp³-hybridized carbons (Fsp3) is 0.188. The van der Waals surface area contributed by atoms with Gasteiger partial charge in [-0.3, -0.25) is 4.79 Å². The number of amides is 1. The van der Waals surface area contributed by atoms with Crippen LogP contribution in [0.1, 0.15) is 10.5 Å². The molecule has 0 aliphatic rings. The molecule has 1 aromatic carbocycles. The van der Waals surface area contributed by atoms with E-state index in [1.165, 1.54) is 38.6 Å². The first-order chi connectivity index (χ1) is 11.5. The molecule has 126 valence electrons. The zero-order valence-electron chi connectivity index (χ0n) is 13.1. The van der Waals surface area contributed by atoms with Crippen LogP contribution in [0.2, 0.25) is 0 Å². The number of benzene rings is 1. The summed E-state index contributed by atoms with van der Waals surface area (Å²) in [6.07, 6.45) is 1.17. The van der Waals surface area contributed by atoms with Crippen molar-refractivity contribution in [2.24, 2.45) is 0 Å². The Kier molecular flexibility index (Phi) is 5.56. The number of rotatable bonds is 6. The van der Waals surface area contributed by atoms with Crippen molar-refractivity contribution in [3.8, 4) is 11.5 Å². The predicted molar refractivity (Wildman–Crippen MR) is 83.9 cm³/mol. The van der Waals surface area contributed by atoms with Gasteiger partial charge in [0.05, 0.1) is 14.2 Å². The van der Waals surface area contributed by atoms with Gasteiger partial charge in [0, 0.05) is 23.9 Å². The van der Waals surface area contributed by atoms with E-state index in [-0.39, 0.29) is 5.69 Å². The van der Waals surface area contributed by atoms with Crippen molar-refractivity contribution in [1.29, 1.82) is 0 Å². The van der Waals surface area contributed by atoms with E-state index in [4.69, 9.17) is 14.2 Å². The van der Waals surface area contributed by atoms with Gasteiger partial charge in [0.15, 0.2) is 24.3 Å². The summed E-state index contributed by atoms with van der Waals surface area (Å²) < 4.78 is 15.4. The van der Waals surface area contributed by atoms with Gasteiger partial charge in [-0.2, -0.15) is 4.73 Å². The number of hydrogen-bond acceptors (Lipinski definition) is 6. The molecule has 0 saturated heterocycles. The van der Waals surface area contributed by atoms with Crippen LogP contribution in [0, 0.1) is 5.21 Å². The Hall–Kier alpha value is -3.29. The Morgan fingerprint density at radius 2 is 1.88 bits per heavy atom. The number of esters is 1. The molecule has 2 rings (SSSR count). The predicted octanol–water partition coefficient (Wildman–Crippen LogP) is 1.13. The largest absolute Gasteiger partial charge is 0.618 e. The van der Waals surface area contributed by atoms with E-state index in [9.17, 15) is 14.8 Å². The van der Waals surface area contributed by atoms with Crippen LogP contribution < -0.4 is 19.5 Å². The van der Waals surface area contributed by atoms with Gasteiger partial charge in [-0.25, -0.2) is 4.79 Å². The molecule has 0 spiro atoms. The summed E-state index contributed by atoms with van der Waals surface area (Å²) >= 11 is 0. The second-order valence-electron chi connectivity index (χ2n) is 4.61. The van der Waals surface area contributed by atoms with Crippen LogP contribution >= 0.6 is 0 Å². The van der Waals surface area contributed by atoms with Gasteiger partial charge in [0.25, 0.3) is 5.91 Å². The number of hydrogen-bond donors (Lipinski definition) is 1. The highest BCUT2D eigenvalue weighted by atomic mass is 16.5. The van der Waals surface area contributed by atoms with Gasteiger partial charge >= 0.3 is 11.7 Å². The maximum Gasteiger partial charge on any atom is 0.405 e. The average molecular weight is 332 g/mol. The van der Waals surface area contributed by atoms with E-state index in [1.807, 2.05) is 0 Å². The normalized spacial score (nSPS) is 9.92. The summed E-state index contributed by atoms with van der Waals surface area (Å²) in [7, 11) is 2.98. The van der Waals surface area contributed by atoms with E-state index in [0.29, 0.717) is 21.9 Å². The van der Waals surface area contributed by atoms with Crippen molar-refractivity contribution in [1.82, 2.24) is 0 Å². The maximum atomic E-state index is 11.8. The first kappa shape index (κ1) is 17.1. The smallest absolute Gasteiger partial charge is 0.405 e. The average Bonchev–Trinajstić information content (AvgIpc) is 2.60. The first-order valence-corrected chi connectivity index (χ1v) is 6.92. The lowest BCUT2D eigenvalue weighted by atomic mass is 10.2. The molecule has 0 unspecified atom stereocenters. The number of nitrogens with zero attached hydrogens (tertiary/aromatic N) is 1. The highest BCUT2D eigenvalue weighted by Crippen LogP contribution is 2.29. The lowest BCUT2D eigenvalue weighted by Crippen LogP contribution is -2.35. The van der Waals surface area contributed by atoms with Crippen LogP contribution in [0.5, 0.6) is 11.5 Å². The fourth-order valence-corrected chi connectivity index (χ4v) is 1.90. The number of anilines is 1. The second kappa shape index (κ2) is 7.82. The zero-order chi connectivity index (χ0) is 17.5. The van der Waals surface area contributed by atoms with Gasteiger partial charge in [0.1, 0.15) is 0 Å². The van der Waals surface area contributed by atoms with Gasteiger partial charge in [0.2, 0.25) is 0 Å². The molecule has 0 bridgehead atoms. The van der Waals surface area contributed by atoms with E-state index >= 15 is 0 Å². The van der Waals surface area contributed by atoms with Gasteiger partial charge in [-0.1, -0.05) is 0 Å². The second-order valence-corrected chi connectivity index (χ2v) is 4.61. The highest BCUT2D eigenvalue weighted by Gasteiger charge is 2.18. The van der Waals surface area contributed by atoms with Crippen molar-refractivity contribution in [3.05, 3.63) is 53.5 Å². The Labute approximate surface area is 138 Å². The molecule has 0 aliphatic carbocycles. The molecule has 24 heavy (non-hydrogen) atoms. The lowest BCUT2D eigenvalue weighted by molar-refractivity contribution is -0.608. The molecule has 2 aromatic rings. The summed E-state index contributed by atoms with van der Waals surface area (Å²) in [5, 5.41) is 14.0. The van der Waals surface area contributed by atoms with Crippen LogP contribution in [0.15, 0.2) is 42.6 Å². The minimum absolute atomic E-state index is 0.198. The van der Waals surface area contributed by atoms with Gasteiger partial charge in [-0.05, 0) is 18.2 Å². The van der Waals surface area contributed by atoms with Crippen molar-refractivity contribution >= 4 is 17.6 Å². The van der Waals surface area contributed by atoms with E-state index in [1.54, 1.807) is 18.2 Å². The summed E-state index contributed by atoms with van der Waals surface area (Å²) in [6.45, 7) is -0.526. The van der Waals surface area contributed by atoms with E-state index < -0.39 is 18.5 Å². The van der Waals surface area contributed by atoms with Crippen LogP contribution in [-0.2, 0) is 9.53 Å². The summed E-state index contributed by atoms with van der Waals surface area (Å²) in [5.74, 6) is -0.466. The Morgan fingerprint density at radius 3 is 2.54 bits per heavy atom. The van der Waals surface area contributed by atoms with Crippen LogP contribution in [-0.4, -0.2) is 32.7 Å². The molecular weight excluding hydrogens is 316 g/mol. The number of aromatic nitrogens is 1. The van der Waals surface area contributed by atoms with Crippen LogP contribution in [0.4, 0.5) is 5.69 Å².